The lowest BCUT2D eigenvalue weighted by Crippen LogP contribution is -2.31. The van der Waals surface area contributed by atoms with Crippen molar-refractivity contribution < 1.29 is 4.39 Å². The maximum Gasteiger partial charge on any atom is 0.126 e. The maximum absolute atomic E-state index is 13.5. The van der Waals surface area contributed by atoms with Gasteiger partial charge in [-0.05, 0) is 26.8 Å². The number of nitrogens with zero attached hydrogens (tertiary/aromatic N) is 2. The monoisotopic (exact) mass is 199 g/mol. The Kier molecular flexibility index (Phi) is 3.26. The molecule has 2 N–H and O–H groups in total. The molecule has 0 aliphatic heterocycles. The molecule has 0 saturated carbocycles. The van der Waals surface area contributed by atoms with E-state index in [0.29, 0.717) is 6.04 Å². The van der Waals surface area contributed by atoms with Crippen molar-refractivity contribution in [1.29, 1.82) is 0 Å². The van der Waals surface area contributed by atoms with Crippen molar-refractivity contribution in [3.63, 3.8) is 0 Å². The fourth-order valence-electron chi connectivity index (χ4n) is 1.21. The Labute approximate surface area is 84.1 Å². The summed E-state index contributed by atoms with van der Waals surface area (Å²) in [5, 5.41) is 4.26. The van der Waals surface area contributed by atoms with E-state index in [1.165, 1.54) is 6.92 Å². The molecule has 1 rings (SSSR count). The topological polar surface area (TPSA) is 43.8 Å². The summed E-state index contributed by atoms with van der Waals surface area (Å²) < 4.78 is 15.4. The number of hydrogen-bond donors (Lipinski definition) is 1. The van der Waals surface area contributed by atoms with Crippen molar-refractivity contribution in [3.05, 3.63) is 18.0 Å². The Morgan fingerprint density at radius 3 is 2.71 bits per heavy atom. The van der Waals surface area contributed by atoms with Crippen molar-refractivity contribution in [2.45, 2.75) is 38.9 Å². The molecule has 0 bridgehead atoms. The van der Waals surface area contributed by atoms with E-state index in [-0.39, 0.29) is 13.0 Å². The molecule has 4 heteroatoms. The van der Waals surface area contributed by atoms with Crippen molar-refractivity contribution in [2.24, 2.45) is 5.73 Å². The second-order valence-electron chi connectivity index (χ2n) is 4.18. The average Bonchev–Trinajstić information content (AvgIpc) is 2.52. The predicted octanol–water partition coefficient (Wildman–Crippen LogP) is 1.69. The number of rotatable bonds is 4. The van der Waals surface area contributed by atoms with Crippen molar-refractivity contribution in [1.82, 2.24) is 9.78 Å². The van der Waals surface area contributed by atoms with E-state index in [4.69, 9.17) is 5.73 Å². The summed E-state index contributed by atoms with van der Waals surface area (Å²) in [6.07, 6.45) is 2.15. The first-order chi connectivity index (χ1) is 6.44. The average molecular weight is 199 g/mol. The lowest BCUT2D eigenvalue weighted by molar-refractivity contribution is 0.198. The first-order valence-electron chi connectivity index (χ1n) is 4.87. The zero-order valence-electron chi connectivity index (χ0n) is 9.00. The van der Waals surface area contributed by atoms with Gasteiger partial charge >= 0.3 is 0 Å². The van der Waals surface area contributed by atoms with Gasteiger partial charge in [0.1, 0.15) is 5.67 Å². The maximum atomic E-state index is 13.5. The summed E-state index contributed by atoms with van der Waals surface area (Å²) in [5.74, 6) is 0. The molecule has 1 heterocycles. The van der Waals surface area contributed by atoms with E-state index in [0.717, 1.165) is 5.69 Å². The van der Waals surface area contributed by atoms with Crippen LogP contribution in [0.2, 0.25) is 0 Å². The Morgan fingerprint density at radius 1 is 1.64 bits per heavy atom. The normalized spacial score (nSPS) is 15.9. The second-order valence-corrected chi connectivity index (χ2v) is 4.18. The first-order valence-corrected chi connectivity index (χ1v) is 4.87. The highest BCUT2D eigenvalue weighted by Crippen LogP contribution is 2.15. The lowest BCUT2D eigenvalue weighted by atomic mass is 10.0. The molecule has 0 saturated heterocycles. The van der Waals surface area contributed by atoms with E-state index < -0.39 is 5.67 Å². The Hall–Kier alpha value is -0.900. The van der Waals surface area contributed by atoms with Crippen LogP contribution in [0.3, 0.4) is 0 Å². The summed E-state index contributed by atoms with van der Waals surface area (Å²) in [6, 6.07) is 2.15. The highest BCUT2D eigenvalue weighted by atomic mass is 19.1. The molecule has 1 unspecified atom stereocenters. The standard InChI is InChI=1S/C10H18FN3/c1-8(2)14-5-4-9(13-14)6-10(3,11)7-12/h4-5,8H,6-7,12H2,1-3H3. The third-order valence-electron chi connectivity index (χ3n) is 2.17. The van der Waals surface area contributed by atoms with Gasteiger partial charge in [-0.1, -0.05) is 0 Å². The van der Waals surface area contributed by atoms with Gasteiger partial charge in [-0.2, -0.15) is 5.10 Å². The molecular weight excluding hydrogens is 181 g/mol. The van der Waals surface area contributed by atoms with Crippen LogP contribution in [0.5, 0.6) is 0 Å². The molecule has 0 aromatic carbocycles. The molecule has 1 aromatic rings. The highest BCUT2D eigenvalue weighted by Gasteiger charge is 2.22. The summed E-state index contributed by atoms with van der Waals surface area (Å²) in [6.45, 7) is 5.60. The zero-order chi connectivity index (χ0) is 10.8. The SMILES string of the molecule is CC(C)n1ccc(CC(C)(F)CN)n1. The summed E-state index contributed by atoms with van der Waals surface area (Å²) >= 11 is 0. The number of halogens is 1. The van der Waals surface area contributed by atoms with E-state index in [2.05, 4.69) is 5.10 Å². The zero-order valence-corrected chi connectivity index (χ0v) is 9.00. The summed E-state index contributed by atoms with van der Waals surface area (Å²) in [5.41, 5.74) is 4.72. The molecule has 0 spiro atoms. The van der Waals surface area contributed by atoms with Crippen LogP contribution in [0, 0.1) is 0 Å². The Bertz CT molecular complexity index is 291. The van der Waals surface area contributed by atoms with Crippen LogP contribution in [-0.4, -0.2) is 22.0 Å². The minimum atomic E-state index is -1.35. The molecular formula is C10H18FN3. The Balaban J connectivity index is 2.69. The largest absolute Gasteiger partial charge is 0.328 e. The van der Waals surface area contributed by atoms with Crippen LogP contribution in [0.1, 0.15) is 32.5 Å². The molecule has 80 valence electrons. The van der Waals surface area contributed by atoms with E-state index >= 15 is 0 Å². The molecule has 14 heavy (non-hydrogen) atoms. The molecule has 0 amide bonds. The van der Waals surface area contributed by atoms with Crippen molar-refractivity contribution in [3.8, 4) is 0 Å². The van der Waals surface area contributed by atoms with Gasteiger partial charge in [0, 0.05) is 25.2 Å². The van der Waals surface area contributed by atoms with Gasteiger partial charge in [0.05, 0.1) is 5.69 Å². The number of aromatic nitrogens is 2. The second kappa shape index (κ2) is 4.09. The van der Waals surface area contributed by atoms with Gasteiger partial charge in [-0.15, -0.1) is 0 Å². The molecule has 0 radical (unpaired) electrons. The first kappa shape index (κ1) is 11.2. The third-order valence-corrected chi connectivity index (χ3v) is 2.17. The molecule has 3 nitrogen and oxygen atoms in total. The molecule has 0 aliphatic carbocycles. The number of hydrogen-bond acceptors (Lipinski definition) is 2. The van der Waals surface area contributed by atoms with Crippen molar-refractivity contribution >= 4 is 0 Å². The molecule has 0 fully saturated rings. The lowest BCUT2D eigenvalue weighted by Gasteiger charge is -2.15. The van der Waals surface area contributed by atoms with Gasteiger partial charge in [-0.3, -0.25) is 4.68 Å². The fraction of sp³-hybridized carbons (Fsp3) is 0.700. The summed E-state index contributed by atoms with van der Waals surface area (Å²) in [4.78, 5) is 0. The highest BCUT2D eigenvalue weighted by molar-refractivity contribution is 5.04. The Morgan fingerprint density at radius 2 is 2.29 bits per heavy atom. The molecule has 1 atom stereocenters. The van der Waals surface area contributed by atoms with Crippen LogP contribution in [0.4, 0.5) is 4.39 Å². The fourth-order valence-corrected chi connectivity index (χ4v) is 1.21. The van der Waals surface area contributed by atoms with Crippen LogP contribution in [-0.2, 0) is 6.42 Å². The quantitative estimate of drug-likeness (QED) is 0.802. The molecule has 0 aliphatic rings. The van der Waals surface area contributed by atoms with Crippen LogP contribution < -0.4 is 5.73 Å². The van der Waals surface area contributed by atoms with Gasteiger partial charge < -0.3 is 5.73 Å². The van der Waals surface area contributed by atoms with Crippen molar-refractivity contribution in [2.75, 3.05) is 6.54 Å². The van der Waals surface area contributed by atoms with Gasteiger partial charge in [0.25, 0.3) is 0 Å². The predicted molar refractivity (Wildman–Crippen MR) is 54.9 cm³/mol. The summed E-state index contributed by atoms with van der Waals surface area (Å²) in [7, 11) is 0. The molecule has 1 aromatic heterocycles. The number of alkyl halides is 1. The van der Waals surface area contributed by atoms with Crippen LogP contribution >= 0.6 is 0 Å². The third kappa shape index (κ3) is 2.80. The van der Waals surface area contributed by atoms with Gasteiger partial charge in [0.15, 0.2) is 0 Å². The van der Waals surface area contributed by atoms with Crippen LogP contribution in [0.25, 0.3) is 0 Å². The van der Waals surface area contributed by atoms with E-state index in [1.807, 2.05) is 30.8 Å². The minimum Gasteiger partial charge on any atom is -0.328 e. The van der Waals surface area contributed by atoms with Gasteiger partial charge in [0.2, 0.25) is 0 Å². The van der Waals surface area contributed by atoms with E-state index in [9.17, 15) is 4.39 Å². The number of nitrogens with two attached hydrogens (primary N) is 1. The van der Waals surface area contributed by atoms with E-state index in [1.54, 1.807) is 0 Å². The van der Waals surface area contributed by atoms with Gasteiger partial charge in [-0.25, -0.2) is 4.39 Å². The van der Waals surface area contributed by atoms with Crippen LogP contribution in [0.15, 0.2) is 12.3 Å². The minimum absolute atomic E-state index is 0.0293. The smallest absolute Gasteiger partial charge is 0.126 e.